The number of halogens is 1. The number of hydrogen-bond acceptors (Lipinski definition) is 3. The fraction of sp³-hybridized carbons (Fsp3) is 0.625. The van der Waals surface area contributed by atoms with Gasteiger partial charge < -0.3 is 9.47 Å². The lowest BCUT2D eigenvalue weighted by molar-refractivity contribution is -0.0678. The highest BCUT2D eigenvalue weighted by molar-refractivity contribution is 6.21. The lowest BCUT2D eigenvalue weighted by Crippen LogP contribution is -2.46. The van der Waals surface area contributed by atoms with E-state index in [9.17, 15) is 0 Å². The molecule has 1 aromatic rings. The van der Waals surface area contributed by atoms with Crippen LogP contribution in [0.25, 0.3) is 0 Å². The van der Waals surface area contributed by atoms with Crippen LogP contribution in [0.2, 0.25) is 0 Å². The molecule has 0 bridgehead atoms. The second kappa shape index (κ2) is 6.79. The van der Waals surface area contributed by atoms with Crippen molar-refractivity contribution < 1.29 is 9.47 Å². The Hall–Kier alpha value is -0.770. The molecule has 0 N–H and O–H groups in total. The lowest BCUT2D eigenvalue weighted by Gasteiger charge is -2.36. The molecule has 0 aromatic heterocycles. The third kappa shape index (κ3) is 3.87. The molecular formula is C16H24ClNO2. The van der Waals surface area contributed by atoms with Gasteiger partial charge in [0, 0.05) is 25.2 Å². The van der Waals surface area contributed by atoms with Gasteiger partial charge in [-0.3, -0.25) is 4.90 Å². The molecule has 0 spiro atoms. The summed E-state index contributed by atoms with van der Waals surface area (Å²) in [5.41, 5.74) is 2.27. The van der Waals surface area contributed by atoms with E-state index in [2.05, 4.69) is 31.7 Å². The molecule has 0 saturated carbocycles. The number of nitrogens with zero attached hydrogens (tertiary/aromatic N) is 1. The number of rotatable bonds is 4. The first kappa shape index (κ1) is 15.6. The maximum absolute atomic E-state index is 6.63. The quantitative estimate of drug-likeness (QED) is 0.795. The summed E-state index contributed by atoms with van der Waals surface area (Å²) in [7, 11) is 1.69. The van der Waals surface area contributed by atoms with Crippen LogP contribution in [-0.4, -0.2) is 43.9 Å². The van der Waals surface area contributed by atoms with Crippen LogP contribution in [0.5, 0.6) is 5.75 Å². The SMILES string of the molecule is COc1ccc(C)cc1C(Cl)CN1CC(C)OC(C)C1. The predicted molar refractivity (Wildman–Crippen MR) is 82.8 cm³/mol. The van der Waals surface area contributed by atoms with Gasteiger partial charge in [0.1, 0.15) is 5.75 Å². The zero-order valence-corrected chi connectivity index (χ0v) is 13.5. The Balaban J connectivity index is 2.07. The predicted octanol–water partition coefficient (Wildman–Crippen LogP) is 3.39. The number of hydrogen-bond donors (Lipinski definition) is 0. The van der Waals surface area contributed by atoms with Crippen molar-refractivity contribution in [2.75, 3.05) is 26.7 Å². The van der Waals surface area contributed by atoms with Crippen molar-refractivity contribution in [2.24, 2.45) is 0 Å². The summed E-state index contributed by atoms with van der Waals surface area (Å²) < 4.78 is 11.2. The smallest absolute Gasteiger partial charge is 0.123 e. The Kier molecular flexibility index (Phi) is 5.30. The van der Waals surface area contributed by atoms with Crippen molar-refractivity contribution >= 4 is 11.6 Å². The minimum atomic E-state index is -0.0673. The van der Waals surface area contributed by atoms with Gasteiger partial charge in [-0.25, -0.2) is 0 Å². The summed E-state index contributed by atoms with van der Waals surface area (Å²) in [6.45, 7) is 8.98. The maximum atomic E-state index is 6.63. The Morgan fingerprint density at radius 1 is 1.35 bits per heavy atom. The van der Waals surface area contributed by atoms with Crippen molar-refractivity contribution in [3.05, 3.63) is 29.3 Å². The molecule has 2 rings (SSSR count). The van der Waals surface area contributed by atoms with Crippen LogP contribution in [0.15, 0.2) is 18.2 Å². The van der Waals surface area contributed by atoms with Crippen LogP contribution in [0.1, 0.15) is 30.4 Å². The largest absolute Gasteiger partial charge is 0.496 e. The van der Waals surface area contributed by atoms with E-state index in [1.54, 1.807) is 7.11 Å². The molecule has 1 aliphatic heterocycles. The third-order valence-electron chi connectivity index (χ3n) is 3.64. The average Bonchev–Trinajstić information content (AvgIpc) is 2.37. The van der Waals surface area contributed by atoms with Crippen LogP contribution >= 0.6 is 11.6 Å². The standard InChI is InChI=1S/C16H24ClNO2/c1-11-5-6-16(19-4)14(7-11)15(17)10-18-8-12(2)20-13(3)9-18/h5-7,12-13,15H,8-10H2,1-4H3. The first-order valence-corrected chi connectivity index (χ1v) is 7.59. The van der Waals surface area contributed by atoms with Gasteiger partial charge in [0.05, 0.1) is 24.7 Å². The Labute approximate surface area is 126 Å². The highest BCUT2D eigenvalue weighted by atomic mass is 35.5. The van der Waals surface area contributed by atoms with Gasteiger partial charge in [-0.2, -0.15) is 0 Å². The van der Waals surface area contributed by atoms with Gasteiger partial charge in [-0.1, -0.05) is 17.7 Å². The molecule has 1 aromatic carbocycles. The second-order valence-corrected chi connectivity index (χ2v) is 6.22. The van der Waals surface area contributed by atoms with E-state index in [1.807, 2.05) is 12.1 Å². The molecule has 3 atom stereocenters. The zero-order chi connectivity index (χ0) is 14.7. The highest BCUT2D eigenvalue weighted by Gasteiger charge is 2.25. The van der Waals surface area contributed by atoms with Crippen molar-refractivity contribution in [2.45, 2.75) is 38.4 Å². The van der Waals surface area contributed by atoms with Gasteiger partial charge in [0.2, 0.25) is 0 Å². The molecule has 1 saturated heterocycles. The zero-order valence-electron chi connectivity index (χ0n) is 12.7. The monoisotopic (exact) mass is 297 g/mol. The summed E-state index contributed by atoms with van der Waals surface area (Å²) in [6.07, 6.45) is 0.532. The topological polar surface area (TPSA) is 21.7 Å². The van der Waals surface area contributed by atoms with E-state index in [4.69, 9.17) is 21.1 Å². The lowest BCUT2D eigenvalue weighted by atomic mass is 10.1. The van der Waals surface area contributed by atoms with E-state index in [1.165, 1.54) is 5.56 Å². The molecule has 1 aliphatic rings. The third-order valence-corrected chi connectivity index (χ3v) is 4.01. The average molecular weight is 298 g/mol. The number of aryl methyl sites for hydroxylation is 1. The summed E-state index contributed by atoms with van der Waals surface area (Å²) in [6, 6.07) is 6.15. The van der Waals surface area contributed by atoms with Crippen LogP contribution in [0.4, 0.5) is 0 Å². The molecule has 0 amide bonds. The molecule has 112 valence electrons. The van der Waals surface area contributed by atoms with Crippen molar-refractivity contribution in [3.63, 3.8) is 0 Å². The molecule has 0 radical (unpaired) electrons. The number of alkyl halides is 1. The molecular weight excluding hydrogens is 274 g/mol. The van der Waals surface area contributed by atoms with Gasteiger partial charge in [0.15, 0.2) is 0 Å². The Morgan fingerprint density at radius 3 is 2.60 bits per heavy atom. The number of methoxy groups -OCH3 is 1. The Morgan fingerprint density at radius 2 is 2.00 bits per heavy atom. The van der Waals surface area contributed by atoms with Gasteiger partial charge in [0.25, 0.3) is 0 Å². The van der Waals surface area contributed by atoms with Crippen LogP contribution < -0.4 is 4.74 Å². The van der Waals surface area contributed by atoms with Crippen LogP contribution in [0, 0.1) is 6.92 Å². The first-order chi connectivity index (χ1) is 9.49. The van der Waals surface area contributed by atoms with Gasteiger partial charge in [-0.05, 0) is 26.8 Å². The fourth-order valence-corrected chi connectivity index (χ4v) is 3.22. The Bertz CT molecular complexity index is 442. The van der Waals surface area contributed by atoms with Crippen LogP contribution in [-0.2, 0) is 4.74 Å². The normalized spacial score (nSPS) is 25.4. The number of benzene rings is 1. The number of morpholine rings is 1. The van der Waals surface area contributed by atoms with E-state index in [0.29, 0.717) is 0 Å². The minimum Gasteiger partial charge on any atom is -0.496 e. The van der Waals surface area contributed by atoms with Gasteiger partial charge >= 0.3 is 0 Å². The highest BCUT2D eigenvalue weighted by Crippen LogP contribution is 2.31. The molecule has 1 fully saturated rings. The minimum absolute atomic E-state index is 0.0673. The molecule has 3 unspecified atom stereocenters. The van der Waals surface area contributed by atoms with E-state index >= 15 is 0 Å². The van der Waals surface area contributed by atoms with Crippen molar-refractivity contribution in [1.29, 1.82) is 0 Å². The molecule has 4 heteroatoms. The number of ether oxygens (including phenoxy) is 2. The van der Waals surface area contributed by atoms with E-state index < -0.39 is 0 Å². The molecule has 1 heterocycles. The summed E-state index contributed by atoms with van der Waals surface area (Å²) >= 11 is 6.63. The van der Waals surface area contributed by atoms with Crippen LogP contribution in [0.3, 0.4) is 0 Å². The molecule has 3 nitrogen and oxygen atoms in total. The maximum Gasteiger partial charge on any atom is 0.123 e. The van der Waals surface area contributed by atoms with Gasteiger partial charge in [-0.15, -0.1) is 11.6 Å². The first-order valence-electron chi connectivity index (χ1n) is 7.16. The van der Waals surface area contributed by atoms with Crippen molar-refractivity contribution in [1.82, 2.24) is 4.90 Å². The molecule has 20 heavy (non-hydrogen) atoms. The van der Waals surface area contributed by atoms with Crippen molar-refractivity contribution in [3.8, 4) is 5.75 Å². The second-order valence-electron chi connectivity index (χ2n) is 5.69. The van der Waals surface area contributed by atoms with E-state index in [-0.39, 0.29) is 17.6 Å². The summed E-state index contributed by atoms with van der Waals surface area (Å²) in [5, 5.41) is -0.0673. The summed E-state index contributed by atoms with van der Waals surface area (Å²) in [4.78, 5) is 2.37. The fourth-order valence-electron chi connectivity index (χ4n) is 2.86. The summed E-state index contributed by atoms with van der Waals surface area (Å²) in [5.74, 6) is 0.866. The van der Waals surface area contributed by atoms with E-state index in [0.717, 1.165) is 30.9 Å². The molecule has 0 aliphatic carbocycles.